The molecule has 0 radical (unpaired) electrons. The molecule has 0 atom stereocenters. The number of carbonyl (C=O) groups is 1. The van der Waals surface area contributed by atoms with Gasteiger partial charge in [-0.2, -0.15) is 0 Å². The van der Waals surface area contributed by atoms with Crippen molar-refractivity contribution < 1.29 is 18.4 Å². The van der Waals surface area contributed by atoms with Crippen molar-refractivity contribution in [2.75, 3.05) is 14.2 Å². The molecule has 0 bridgehead atoms. The predicted octanol–water partition coefficient (Wildman–Crippen LogP) is 3.90. The maximum atomic E-state index is 12.7. The molecule has 2 aromatic rings. The van der Waals surface area contributed by atoms with Gasteiger partial charge in [0.25, 0.3) is 5.91 Å². The second-order valence-corrected chi connectivity index (χ2v) is 6.83. The fourth-order valence-electron chi connectivity index (χ4n) is 1.94. The fraction of sp³-hybridized carbons (Fsp3) is 0.118. The number of hydrogen-bond acceptors (Lipinski definition) is 4. The average molecular weight is 331 g/mol. The summed E-state index contributed by atoms with van der Waals surface area (Å²) in [5, 5.41) is 2.63. The number of amides is 1. The van der Waals surface area contributed by atoms with E-state index < -0.39 is 7.60 Å². The zero-order valence-corrected chi connectivity index (χ0v) is 13.8. The van der Waals surface area contributed by atoms with Crippen LogP contribution >= 0.6 is 7.60 Å². The van der Waals surface area contributed by atoms with Crippen LogP contribution in [0.15, 0.2) is 66.1 Å². The Kier molecular flexibility index (Phi) is 5.88. The van der Waals surface area contributed by atoms with Crippen molar-refractivity contribution in [3.05, 3.63) is 77.2 Å². The summed E-state index contributed by atoms with van der Waals surface area (Å²) in [6.07, 6.45) is 1.58. The Morgan fingerprint density at radius 1 is 0.957 bits per heavy atom. The Bertz CT molecular complexity index is 721. The maximum Gasteiger partial charge on any atom is 0.376 e. The van der Waals surface area contributed by atoms with E-state index in [2.05, 4.69) is 5.32 Å². The lowest BCUT2D eigenvalue weighted by molar-refractivity contribution is 0.0966. The Labute approximate surface area is 135 Å². The Morgan fingerprint density at radius 3 is 2.00 bits per heavy atom. The molecule has 2 rings (SSSR count). The minimum absolute atomic E-state index is 0.0857. The molecule has 0 aliphatic rings. The molecule has 120 valence electrons. The van der Waals surface area contributed by atoms with Gasteiger partial charge in [-0.15, -0.1) is 0 Å². The van der Waals surface area contributed by atoms with E-state index in [-0.39, 0.29) is 11.3 Å². The predicted molar refractivity (Wildman–Crippen MR) is 90.0 cm³/mol. The molecule has 0 heterocycles. The fourth-order valence-corrected chi connectivity index (χ4v) is 3.03. The van der Waals surface area contributed by atoms with Crippen LogP contribution in [0.5, 0.6) is 0 Å². The van der Waals surface area contributed by atoms with Crippen molar-refractivity contribution in [1.29, 1.82) is 0 Å². The minimum Gasteiger partial charge on any atom is -0.315 e. The summed E-state index contributed by atoms with van der Waals surface area (Å²) in [5.41, 5.74) is 1.30. The van der Waals surface area contributed by atoms with Crippen molar-refractivity contribution in [3.63, 3.8) is 0 Å². The van der Waals surface area contributed by atoms with E-state index in [1.807, 2.05) is 36.4 Å². The topological polar surface area (TPSA) is 64.6 Å². The molecule has 0 saturated heterocycles. The molecule has 0 unspecified atom stereocenters. The number of benzene rings is 2. The average Bonchev–Trinajstić information content (AvgIpc) is 2.62. The van der Waals surface area contributed by atoms with Crippen LogP contribution < -0.4 is 5.32 Å². The zero-order chi connectivity index (χ0) is 16.7. The van der Waals surface area contributed by atoms with Crippen molar-refractivity contribution in [1.82, 2.24) is 5.32 Å². The molecular weight excluding hydrogens is 313 g/mol. The van der Waals surface area contributed by atoms with E-state index in [0.717, 1.165) is 5.56 Å². The number of rotatable bonds is 6. The Balaban J connectivity index is 2.37. The molecule has 23 heavy (non-hydrogen) atoms. The zero-order valence-electron chi connectivity index (χ0n) is 12.9. The highest BCUT2D eigenvalue weighted by molar-refractivity contribution is 7.58. The smallest absolute Gasteiger partial charge is 0.315 e. The highest BCUT2D eigenvalue weighted by Crippen LogP contribution is 2.53. The third kappa shape index (κ3) is 4.39. The van der Waals surface area contributed by atoms with E-state index in [0.29, 0.717) is 5.56 Å². The number of hydrogen-bond donors (Lipinski definition) is 1. The highest BCUT2D eigenvalue weighted by Gasteiger charge is 2.29. The molecule has 0 fully saturated rings. The van der Waals surface area contributed by atoms with Gasteiger partial charge in [0.05, 0.1) is 0 Å². The highest BCUT2D eigenvalue weighted by atomic mass is 31.2. The SMILES string of the molecule is COP(=O)(OC)C(=Cc1ccccc1)NC(=O)c1ccccc1. The van der Waals surface area contributed by atoms with Gasteiger partial charge in [0.15, 0.2) is 0 Å². The van der Waals surface area contributed by atoms with Crippen LogP contribution in [0.2, 0.25) is 0 Å². The normalized spacial score (nSPS) is 12.0. The molecule has 0 aromatic heterocycles. The first-order valence-corrected chi connectivity index (χ1v) is 8.48. The number of carbonyl (C=O) groups excluding carboxylic acids is 1. The molecule has 1 N–H and O–H groups in total. The van der Waals surface area contributed by atoms with Gasteiger partial charge >= 0.3 is 7.60 Å². The molecule has 5 nitrogen and oxygen atoms in total. The largest absolute Gasteiger partial charge is 0.376 e. The third-order valence-corrected chi connectivity index (χ3v) is 4.95. The van der Waals surface area contributed by atoms with Crippen LogP contribution in [0.4, 0.5) is 0 Å². The summed E-state index contributed by atoms with van der Waals surface area (Å²) in [5.74, 6) is -0.387. The van der Waals surface area contributed by atoms with Crippen LogP contribution in [0.3, 0.4) is 0 Å². The first-order valence-electron chi connectivity index (χ1n) is 6.94. The Morgan fingerprint density at radius 2 is 1.48 bits per heavy atom. The standard InChI is InChI=1S/C17H18NO4P/c1-21-23(20,22-2)16(13-14-9-5-3-6-10-14)18-17(19)15-11-7-4-8-12-15/h3-13H,1-2H3,(H,18,19). The van der Waals surface area contributed by atoms with Crippen LogP contribution in [0.25, 0.3) is 6.08 Å². The summed E-state index contributed by atoms with van der Waals surface area (Å²) >= 11 is 0. The van der Waals surface area contributed by atoms with Gasteiger partial charge in [0, 0.05) is 19.8 Å². The van der Waals surface area contributed by atoms with Gasteiger partial charge in [-0.1, -0.05) is 48.5 Å². The van der Waals surface area contributed by atoms with Crippen LogP contribution in [-0.2, 0) is 13.6 Å². The second-order valence-electron chi connectivity index (χ2n) is 4.62. The van der Waals surface area contributed by atoms with Crippen LogP contribution in [-0.4, -0.2) is 20.1 Å². The van der Waals surface area contributed by atoms with Crippen molar-refractivity contribution in [3.8, 4) is 0 Å². The van der Waals surface area contributed by atoms with Crippen molar-refractivity contribution in [2.24, 2.45) is 0 Å². The number of nitrogens with one attached hydrogen (secondary N) is 1. The van der Waals surface area contributed by atoms with Crippen LogP contribution in [0.1, 0.15) is 15.9 Å². The quantitative estimate of drug-likeness (QED) is 0.815. The lowest BCUT2D eigenvalue weighted by atomic mass is 10.2. The van der Waals surface area contributed by atoms with E-state index in [1.165, 1.54) is 14.2 Å². The monoisotopic (exact) mass is 331 g/mol. The van der Waals surface area contributed by atoms with Gasteiger partial charge in [0.1, 0.15) is 5.44 Å². The van der Waals surface area contributed by atoms with E-state index in [1.54, 1.807) is 30.3 Å². The van der Waals surface area contributed by atoms with Gasteiger partial charge in [-0.05, 0) is 23.8 Å². The summed E-state index contributed by atoms with van der Waals surface area (Å²) in [4.78, 5) is 12.3. The van der Waals surface area contributed by atoms with Crippen molar-refractivity contribution >= 4 is 19.6 Å². The summed E-state index contributed by atoms with van der Waals surface area (Å²) < 4.78 is 22.7. The minimum atomic E-state index is -3.60. The lowest BCUT2D eigenvalue weighted by Crippen LogP contribution is -2.23. The van der Waals surface area contributed by atoms with Gasteiger partial charge < -0.3 is 14.4 Å². The molecule has 0 spiro atoms. The van der Waals surface area contributed by atoms with Gasteiger partial charge in [-0.3, -0.25) is 9.36 Å². The Hall–Kier alpha value is -2.20. The second kappa shape index (κ2) is 7.88. The molecule has 6 heteroatoms. The molecule has 2 aromatic carbocycles. The molecule has 1 amide bonds. The van der Waals surface area contributed by atoms with Crippen molar-refractivity contribution in [2.45, 2.75) is 0 Å². The first-order chi connectivity index (χ1) is 11.1. The van der Waals surface area contributed by atoms with E-state index in [4.69, 9.17) is 9.05 Å². The van der Waals surface area contributed by atoms with Crippen LogP contribution in [0, 0.1) is 0 Å². The maximum absolute atomic E-state index is 12.7. The third-order valence-electron chi connectivity index (χ3n) is 3.16. The lowest BCUT2D eigenvalue weighted by Gasteiger charge is -2.18. The van der Waals surface area contributed by atoms with Gasteiger partial charge in [0.2, 0.25) is 0 Å². The summed E-state index contributed by atoms with van der Waals surface area (Å²) in [6.45, 7) is 0. The molecule has 0 aliphatic carbocycles. The summed E-state index contributed by atoms with van der Waals surface area (Å²) in [6, 6.07) is 17.8. The first kappa shape index (κ1) is 17.2. The van der Waals surface area contributed by atoms with E-state index >= 15 is 0 Å². The van der Waals surface area contributed by atoms with Gasteiger partial charge in [-0.25, -0.2) is 0 Å². The molecule has 0 aliphatic heterocycles. The molecule has 0 saturated carbocycles. The molecular formula is C17H18NO4P. The van der Waals surface area contributed by atoms with E-state index in [9.17, 15) is 9.36 Å². The summed E-state index contributed by atoms with van der Waals surface area (Å²) in [7, 11) is -1.05.